The van der Waals surface area contributed by atoms with Gasteiger partial charge in [0.1, 0.15) is 0 Å². The summed E-state index contributed by atoms with van der Waals surface area (Å²) in [7, 11) is 0. The van der Waals surface area contributed by atoms with Crippen LogP contribution >= 0.6 is 11.6 Å². The van der Waals surface area contributed by atoms with Crippen molar-refractivity contribution in [2.24, 2.45) is 0 Å². The number of allylic oxidation sites excluding steroid dienone is 2. The smallest absolute Gasteiger partial charge is 0.0406 e. The van der Waals surface area contributed by atoms with Crippen LogP contribution in [0.2, 0.25) is 0 Å². The Morgan fingerprint density at radius 1 is 0.933 bits per heavy atom. The van der Waals surface area contributed by atoms with E-state index < -0.39 is 0 Å². The maximum absolute atomic E-state index is 5.63. The van der Waals surface area contributed by atoms with Crippen molar-refractivity contribution in [1.29, 1.82) is 0 Å². The molecule has 0 atom stereocenters. The second-order valence-electron chi connectivity index (χ2n) is 4.43. The maximum Gasteiger partial charge on any atom is 0.0406 e. The minimum atomic E-state index is 0.669. The van der Waals surface area contributed by atoms with Gasteiger partial charge in [0.15, 0.2) is 0 Å². The molecule has 0 N–H and O–H groups in total. The quantitative estimate of drug-likeness (QED) is 0.257. The Morgan fingerprint density at radius 2 is 1.47 bits per heavy atom. The topological polar surface area (TPSA) is 0 Å². The zero-order chi connectivity index (χ0) is 11.4. The molecule has 0 aliphatic carbocycles. The van der Waals surface area contributed by atoms with Crippen LogP contribution in [-0.2, 0) is 0 Å². The molecule has 0 nitrogen and oxygen atoms in total. The SMILES string of the molecule is CCCCCCCCCCC(C)=CCCl. The molecule has 0 aromatic rings. The zero-order valence-electron chi connectivity index (χ0n) is 10.5. The van der Waals surface area contributed by atoms with Crippen LogP contribution in [0.25, 0.3) is 0 Å². The van der Waals surface area contributed by atoms with Gasteiger partial charge in [-0.2, -0.15) is 0 Å². The molecule has 1 heteroatoms. The van der Waals surface area contributed by atoms with E-state index in [1.54, 1.807) is 0 Å². The largest absolute Gasteiger partial charge is 0.122 e. The van der Waals surface area contributed by atoms with Crippen molar-refractivity contribution in [3.63, 3.8) is 0 Å². The van der Waals surface area contributed by atoms with Gasteiger partial charge in [-0.3, -0.25) is 0 Å². The maximum atomic E-state index is 5.63. The molecule has 0 saturated carbocycles. The average Bonchev–Trinajstić information content (AvgIpc) is 2.22. The van der Waals surface area contributed by atoms with Gasteiger partial charge < -0.3 is 0 Å². The molecule has 0 heterocycles. The highest BCUT2D eigenvalue weighted by Gasteiger charge is 1.92. The molecule has 0 amide bonds. The predicted molar refractivity (Wildman–Crippen MR) is 71.7 cm³/mol. The van der Waals surface area contributed by atoms with Gasteiger partial charge >= 0.3 is 0 Å². The van der Waals surface area contributed by atoms with Crippen LogP contribution in [0.1, 0.15) is 71.6 Å². The van der Waals surface area contributed by atoms with E-state index in [2.05, 4.69) is 19.9 Å². The van der Waals surface area contributed by atoms with Gasteiger partial charge in [-0.1, -0.05) is 63.5 Å². The first-order chi connectivity index (χ1) is 7.31. The van der Waals surface area contributed by atoms with E-state index in [9.17, 15) is 0 Å². The number of unbranched alkanes of at least 4 members (excludes halogenated alkanes) is 7. The van der Waals surface area contributed by atoms with Gasteiger partial charge in [0, 0.05) is 5.88 Å². The highest BCUT2D eigenvalue weighted by molar-refractivity contribution is 6.18. The fourth-order valence-electron chi connectivity index (χ4n) is 1.77. The summed E-state index contributed by atoms with van der Waals surface area (Å²) in [5, 5.41) is 0. The minimum Gasteiger partial charge on any atom is -0.122 e. The molecular formula is C14H27Cl. The van der Waals surface area contributed by atoms with Gasteiger partial charge in [-0.25, -0.2) is 0 Å². The van der Waals surface area contributed by atoms with Crippen molar-refractivity contribution in [2.45, 2.75) is 71.6 Å². The number of alkyl halides is 1. The molecule has 0 bridgehead atoms. The summed E-state index contributed by atoms with van der Waals surface area (Å²) >= 11 is 5.63. The lowest BCUT2D eigenvalue weighted by atomic mass is 10.0. The van der Waals surface area contributed by atoms with Crippen LogP contribution in [0, 0.1) is 0 Å². The van der Waals surface area contributed by atoms with E-state index in [-0.39, 0.29) is 0 Å². The molecule has 0 aromatic carbocycles. The highest BCUT2D eigenvalue weighted by Crippen LogP contribution is 2.12. The lowest BCUT2D eigenvalue weighted by molar-refractivity contribution is 0.575. The van der Waals surface area contributed by atoms with Crippen LogP contribution in [-0.4, -0.2) is 5.88 Å². The lowest BCUT2D eigenvalue weighted by Gasteiger charge is -2.02. The van der Waals surface area contributed by atoms with E-state index >= 15 is 0 Å². The van der Waals surface area contributed by atoms with Crippen molar-refractivity contribution in [1.82, 2.24) is 0 Å². The molecule has 0 fully saturated rings. The molecule has 90 valence electrons. The third-order valence-electron chi connectivity index (χ3n) is 2.85. The van der Waals surface area contributed by atoms with E-state index in [0.29, 0.717) is 5.88 Å². The monoisotopic (exact) mass is 230 g/mol. The fourth-order valence-corrected chi connectivity index (χ4v) is 2.03. The third-order valence-corrected chi connectivity index (χ3v) is 3.00. The number of rotatable bonds is 10. The van der Waals surface area contributed by atoms with Crippen LogP contribution in [0.3, 0.4) is 0 Å². The molecule has 0 spiro atoms. The van der Waals surface area contributed by atoms with Crippen molar-refractivity contribution >= 4 is 11.6 Å². The lowest BCUT2D eigenvalue weighted by Crippen LogP contribution is -1.83. The summed E-state index contributed by atoms with van der Waals surface area (Å²) in [6, 6.07) is 0. The van der Waals surface area contributed by atoms with Crippen LogP contribution < -0.4 is 0 Å². The standard InChI is InChI=1S/C14H27Cl/c1-3-4-5-6-7-8-9-10-11-14(2)12-13-15/h12H,3-11,13H2,1-2H3. The summed E-state index contributed by atoms with van der Waals surface area (Å²) in [5.74, 6) is 0.669. The van der Waals surface area contributed by atoms with Crippen molar-refractivity contribution in [3.05, 3.63) is 11.6 Å². The first kappa shape index (κ1) is 15.0. The van der Waals surface area contributed by atoms with Crippen molar-refractivity contribution in [2.75, 3.05) is 5.88 Å². The molecule has 0 aromatic heterocycles. The molecular weight excluding hydrogens is 204 g/mol. The van der Waals surface area contributed by atoms with Gasteiger partial charge in [0.25, 0.3) is 0 Å². The summed E-state index contributed by atoms with van der Waals surface area (Å²) < 4.78 is 0. The van der Waals surface area contributed by atoms with E-state index in [1.807, 2.05) is 0 Å². The molecule has 0 radical (unpaired) electrons. The van der Waals surface area contributed by atoms with Gasteiger partial charge in [0.05, 0.1) is 0 Å². The van der Waals surface area contributed by atoms with Crippen LogP contribution in [0.15, 0.2) is 11.6 Å². The van der Waals surface area contributed by atoms with Gasteiger partial charge in [-0.05, 0) is 19.8 Å². The Bertz CT molecular complexity index is 149. The second kappa shape index (κ2) is 12.1. The van der Waals surface area contributed by atoms with Crippen molar-refractivity contribution < 1.29 is 0 Å². The Labute approximate surface area is 101 Å². The number of hydrogen-bond acceptors (Lipinski definition) is 0. The van der Waals surface area contributed by atoms with E-state index in [1.165, 1.54) is 63.4 Å². The third kappa shape index (κ3) is 12.0. The molecule has 0 saturated heterocycles. The normalized spacial score (nSPS) is 12.1. The fraction of sp³-hybridized carbons (Fsp3) is 0.857. The second-order valence-corrected chi connectivity index (χ2v) is 4.74. The number of halogens is 1. The first-order valence-electron chi connectivity index (χ1n) is 6.52. The molecule has 0 rings (SSSR count). The van der Waals surface area contributed by atoms with Crippen molar-refractivity contribution in [3.8, 4) is 0 Å². The van der Waals surface area contributed by atoms with E-state index in [0.717, 1.165) is 0 Å². The van der Waals surface area contributed by atoms with E-state index in [4.69, 9.17) is 11.6 Å². The summed E-state index contributed by atoms with van der Waals surface area (Å²) in [6.07, 6.45) is 14.6. The van der Waals surface area contributed by atoms with Crippen LogP contribution in [0.4, 0.5) is 0 Å². The summed E-state index contributed by atoms with van der Waals surface area (Å²) in [4.78, 5) is 0. The number of hydrogen-bond donors (Lipinski definition) is 0. The predicted octanol–water partition coefficient (Wildman–Crippen LogP) is 5.70. The summed E-state index contributed by atoms with van der Waals surface area (Å²) in [5.41, 5.74) is 1.45. The molecule has 0 unspecified atom stereocenters. The average molecular weight is 231 g/mol. The Kier molecular flexibility index (Phi) is 12.1. The molecule has 0 aliphatic rings. The highest BCUT2D eigenvalue weighted by atomic mass is 35.5. The zero-order valence-corrected chi connectivity index (χ0v) is 11.3. The first-order valence-corrected chi connectivity index (χ1v) is 7.06. The Morgan fingerprint density at radius 3 is 2.00 bits per heavy atom. The molecule has 0 aliphatic heterocycles. The van der Waals surface area contributed by atoms with Gasteiger partial charge in [-0.15, -0.1) is 11.6 Å². The van der Waals surface area contributed by atoms with Gasteiger partial charge in [0.2, 0.25) is 0 Å². The minimum absolute atomic E-state index is 0.669. The summed E-state index contributed by atoms with van der Waals surface area (Å²) in [6.45, 7) is 4.45. The Balaban J connectivity index is 3.08. The Hall–Kier alpha value is 0.0300. The molecule has 15 heavy (non-hydrogen) atoms. The van der Waals surface area contributed by atoms with Crippen LogP contribution in [0.5, 0.6) is 0 Å².